The molecule has 2 atom stereocenters. The van der Waals surface area contributed by atoms with E-state index < -0.39 is 0 Å². The Morgan fingerprint density at radius 2 is 1.55 bits per heavy atom. The van der Waals surface area contributed by atoms with Crippen molar-refractivity contribution in [2.45, 2.75) is 72.3 Å². The highest BCUT2D eigenvalue weighted by atomic mass is 16.5. The van der Waals surface area contributed by atoms with E-state index in [2.05, 4.69) is 36.8 Å². The predicted molar refractivity (Wildman–Crippen MR) is 158 cm³/mol. The van der Waals surface area contributed by atoms with Crippen molar-refractivity contribution in [2.24, 2.45) is 0 Å². The highest BCUT2D eigenvalue weighted by Crippen LogP contribution is 2.41. The highest BCUT2D eigenvalue weighted by Gasteiger charge is 2.30. The molecule has 0 fully saturated rings. The van der Waals surface area contributed by atoms with Crippen LogP contribution in [0.25, 0.3) is 33.2 Å². The lowest BCUT2D eigenvalue weighted by Gasteiger charge is -2.15. The molecule has 40 heavy (non-hydrogen) atoms. The van der Waals surface area contributed by atoms with E-state index in [0.717, 1.165) is 79.1 Å². The van der Waals surface area contributed by atoms with Crippen LogP contribution in [0, 0.1) is 13.8 Å². The van der Waals surface area contributed by atoms with Gasteiger partial charge in [-0.1, -0.05) is 13.8 Å². The molecule has 8 nitrogen and oxygen atoms in total. The van der Waals surface area contributed by atoms with Gasteiger partial charge >= 0.3 is 5.97 Å². The van der Waals surface area contributed by atoms with Crippen LogP contribution in [0.5, 0.6) is 0 Å². The normalized spacial score (nSPS) is 17.0. The molecule has 3 aromatic rings. The molecule has 0 spiro atoms. The first-order valence-corrected chi connectivity index (χ1v) is 13.9. The lowest BCUT2D eigenvalue weighted by atomic mass is 9.87. The van der Waals surface area contributed by atoms with Crippen molar-refractivity contribution in [3.8, 4) is 0 Å². The SMILES string of the molecule is CCc1c(C)c2cc3nc(cc4nc(cc5[nH]c(cc1[nH]2)c(C)c5CO)[C@@H](CCC(=O)OC)[C@@H]4C)C(C)=C3CO. The van der Waals surface area contributed by atoms with E-state index in [9.17, 15) is 15.0 Å². The fraction of sp³-hybridized carbons (Fsp3) is 0.406. The van der Waals surface area contributed by atoms with E-state index in [4.69, 9.17) is 14.7 Å². The van der Waals surface area contributed by atoms with Crippen LogP contribution in [-0.2, 0) is 22.6 Å². The van der Waals surface area contributed by atoms with Gasteiger partial charge in [-0.3, -0.25) is 9.78 Å². The number of aliphatic hydroxyl groups excluding tert-OH is 2. The van der Waals surface area contributed by atoms with E-state index >= 15 is 0 Å². The Labute approximate surface area is 234 Å². The number of fused-ring (bicyclic) bond motifs is 8. The lowest BCUT2D eigenvalue weighted by molar-refractivity contribution is -0.140. The second-order valence-electron chi connectivity index (χ2n) is 10.8. The molecule has 5 rings (SSSR count). The van der Waals surface area contributed by atoms with Crippen LogP contribution in [0.2, 0.25) is 0 Å². The topological polar surface area (TPSA) is 124 Å². The molecular weight excluding hydrogens is 504 g/mol. The highest BCUT2D eigenvalue weighted by molar-refractivity contribution is 5.92. The Balaban J connectivity index is 1.88. The summed E-state index contributed by atoms with van der Waals surface area (Å²) in [5.74, 6) is -0.228. The molecule has 0 aromatic carbocycles. The second kappa shape index (κ2) is 11.0. The fourth-order valence-corrected chi connectivity index (χ4v) is 6.08. The van der Waals surface area contributed by atoms with Crippen molar-refractivity contribution in [1.29, 1.82) is 0 Å². The van der Waals surface area contributed by atoms with Crippen molar-refractivity contribution >= 4 is 39.2 Å². The number of aliphatic hydroxyl groups is 2. The Kier molecular flexibility index (Phi) is 7.66. The Hall–Kier alpha value is -3.75. The van der Waals surface area contributed by atoms with E-state index in [1.54, 1.807) is 0 Å². The number of aromatic nitrogens is 4. The van der Waals surface area contributed by atoms with Crippen LogP contribution in [0.15, 0.2) is 24.3 Å². The number of hydrogen-bond donors (Lipinski definition) is 4. The van der Waals surface area contributed by atoms with Gasteiger partial charge in [-0.2, -0.15) is 0 Å². The number of esters is 1. The number of ether oxygens (including phenoxy) is 1. The maximum Gasteiger partial charge on any atom is 0.305 e. The maximum absolute atomic E-state index is 12.0. The number of nitrogens with zero attached hydrogens (tertiary/aromatic N) is 2. The summed E-state index contributed by atoms with van der Waals surface area (Å²) < 4.78 is 4.92. The molecule has 0 amide bonds. The zero-order valence-corrected chi connectivity index (χ0v) is 24.1. The van der Waals surface area contributed by atoms with Gasteiger partial charge in [-0.15, -0.1) is 0 Å². The number of nitrogens with one attached hydrogen (secondary N) is 2. The predicted octanol–water partition coefficient (Wildman–Crippen LogP) is 5.75. The molecule has 210 valence electrons. The largest absolute Gasteiger partial charge is 0.469 e. The molecule has 0 unspecified atom stereocenters. The summed E-state index contributed by atoms with van der Waals surface area (Å²) in [4.78, 5) is 29.2. The standard InChI is InChI=1S/C32H38N4O4/c1-7-20-16(2)26-12-30-22(14-37)18(4)25(35-30)10-24-17(3)21(8-9-32(39)40-6)29(34-24)13-31-23(15-38)19(5)27(36-31)11-28(20)33-26/h10-13,17,21,33,36-38H,7-9,14-15H2,1-6H3/t17-,21-/m0/s1. The average molecular weight is 543 g/mol. The lowest BCUT2D eigenvalue weighted by Crippen LogP contribution is -2.07. The van der Waals surface area contributed by atoms with Gasteiger partial charge in [0, 0.05) is 62.8 Å². The number of rotatable bonds is 6. The monoisotopic (exact) mass is 542 g/mol. The Morgan fingerprint density at radius 3 is 2.20 bits per heavy atom. The molecule has 8 bridgehead atoms. The summed E-state index contributed by atoms with van der Waals surface area (Å²) in [5, 5.41) is 20.6. The Morgan fingerprint density at radius 1 is 0.875 bits per heavy atom. The zero-order chi connectivity index (χ0) is 28.7. The quantitative estimate of drug-likeness (QED) is 0.294. The molecule has 4 N–H and O–H groups in total. The van der Waals surface area contributed by atoms with Crippen molar-refractivity contribution in [3.05, 3.63) is 69.3 Å². The third-order valence-corrected chi connectivity index (χ3v) is 8.70. The molecule has 3 aromatic heterocycles. The van der Waals surface area contributed by atoms with Gasteiger partial charge in [-0.05, 0) is 80.1 Å². The van der Waals surface area contributed by atoms with Crippen LogP contribution >= 0.6 is 0 Å². The van der Waals surface area contributed by atoms with Crippen LogP contribution in [-0.4, -0.2) is 49.8 Å². The number of carbonyl (C=O) groups is 1. The molecule has 5 heterocycles. The van der Waals surface area contributed by atoms with Gasteiger partial charge in [0.15, 0.2) is 0 Å². The second-order valence-corrected chi connectivity index (χ2v) is 10.8. The van der Waals surface area contributed by atoms with Crippen LogP contribution < -0.4 is 0 Å². The number of allylic oxidation sites excluding steroid dienone is 1. The van der Waals surface area contributed by atoms with Crippen molar-refractivity contribution in [3.63, 3.8) is 0 Å². The van der Waals surface area contributed by atoms with Crippen LogP contribution in [0.1, 0.15) is 90.5 Å². The zero-order valence-electron chi connectivity index (χ0n) is 24.1. The summed E-state index contributed by atoms with van der Waals surface area (Å²) in [7, 11) is 1.41. The molecule has 0 radical (unpaired) electrons. The fourth-order valence-electron chi connectivity index (χ4n) is 6.08. The van der Waals surface area contributed by atoms with Crippen molar-refractivity contribution in [1.82, 2.24) is 19.9 Å². The molecule has 0 saturated carbocycles. The Bertz CT molecular complexity index is 1680. The smallest absolute Gasteiger partial charge is 0.305 e. The van der Waals surface area contributed by atoms with Gasteiger partial charge in [-0.25, -0.2) is 4.98 Å². The number of carbonyl (C=O) groups excluding carboxylic acids is 1. The van der Waals surface area contributed by atoms with Gasteiger partial charge in [0.2, 0.25) is 0 Å². The molecular formula is C32H38N4O4. The van der Waals surface area contributed by atoms with E-state index in [1.807, 2.05) is 32.0 Å². The molecule has 8 heteroatoms. The van der Waals surface area contributed by atoms with Crippen LogP contribution in [0.4, 0.5) is 0 Å². The van der Waals surface area contributed by atoms with E-state index in [-0.39, 0.29) is 37.4 Å². The maximum atomic E-state index is 12.0. The third-order valence-electron chi connectivity index (χ3n) is 8.70. The van der Waals surface area contributed by atoms with Gasteiger partial charge in [0.1, 0.15) is 0 Å². The first-order valence-electron chi connectivity index (χ1n) is 13.9. The van der Waals surface area contributed by atoms with E-state index in [1.165, 1.54) is 12.7 Å². The average Bonchev–Trinajstić information content (AvgIpc) is 3.60. The van der Waals surface area contributed by atoms with E-state index in [0.29, 0.717) is 6.42 Å². The molecule has 2 aliphatic rings. The van der Waals surface area contributed by atoms with Crippen molar-refractivity contribution in [2.75, 3.05) is 13.7 Å². The summed E-state index contributed by atoms with van der Waals surface area (Å²) in [5.41, 5.74) is 12.8. The summed E-state index contributed by atoms with van der Waals surface area (Å²) >= 11 is 0. The summed E-state index contributed by atoms with van der Waals surface area (Å²) in [6, 6.07) is 8.13. The minimum Gasteiger partial charge on any atom is -0.469 e. The number of methoxy groups -OCH3 is 1. The van der Waals surface area contributed by atoms with Gasteiger partial charge < -0.3 is 24.9 Å². The summed E-state index contributed by atoms with van der Waals surface area (Å²) in [6.45, 7) is 10.1. The molecule has 2 aliphatic heterocycles. The summed E-state index contributed by atoms with van der Waals surface area (Å²) in [6.07, 6.45) is 1.73. The minimum absolute atomic E-state index is 0.0119. The number of aryl methyl sites for hydroxylation is 3. The minimum atomic E-state index is -0.250. The van der Waals surface area contributed by atoms with Gasteiger partial charge in [0.25, 0.3) is 0 Å². The van der Waals surface area contributed by atoms with Crippen molar-refractivity contribution < 1.29 is 19.7 Å². The first-order chi connectivity index (χ1) is 19.2. The van der Waals surface area contributed by atoms with Crippen LogP contribution in [0.3, 0.4) is 0 Å². The third kappa shape index (κ3) is 4.75. The van der Waals surface area contributed by atoms with Gasteiger partial charge in [0.05, 0.1) is 31.7 Å². The number of aromatic amines is 2. The molecule has 0 saturated heterocycles. The molecule has 0 aliphatic carbocycles. The first kappa shape index (κ1) is 27.8. The number of H-pyrrole nitrogens is 2. The number of hydrogen-bond acceptors (Lipinski definition) is 6.